The fraction of sp³-hybridized carbons (Fsp3) is 0.150. The minimum Gasteiger partial charge on any atom is -0.462 e. The van der Waals surface area contributed by atoms with Gasteiger partial charge in [0.2, 0.25) is 5.91 Å². The lowest BCUT2D eigenvalue weighted by atomic mass is 10.1. The molecule has 7 heteroatoms. The van der Waals surface area contributed by atoms with Gasteiger partial charge < -0.3 is 15.4 Å². The molecule has 0 atom stereocenters. The number of esters is 1. The van der Waals surface area contributed by atoms with Gasteiger partial charge in [-0.1, -0.05) is 6.07 Å². The van der Waals surface area contributed by atoms with Crippen LogP contribution in [0.25, 0.3) is 10.1 Å². The molecule has 2 amide bonds. The summed E-state index contributed by atoms with van der Waals surface area (Å²) >= 11 is 1.35. The molecular formula is C20H18N2O4S. The number of carbonyl (C=O) groups excluding carboxylic acids is 3. The summed E-state index contributed by atoms with van der Waals surface area (Å²) in [6.07, 6.45) is 0. The Labute approximate surface area is 160 Å². The summed E-state index contributed by atoms with van der Waals surface area (Å²) < 4.78 is 5.95. The number of rotatable bonds is 5. The van der Waals surface area contributed by atoms with E-state index < -0.39 is 0 Å². The summed E-state index contributed by atoms with van der Waals surface area (Å²) in [4.78, 5) is 36.0. The quantitative estimate of drug-likeness (QED) is 0.645. The van der Waals surface area contributed by atoms with Crippen LogP contribution in [-0.2, 0) is 9.53 Å². The first-order valence-corrected chi connectivity index (χ1v) is 9.17. The molecule has 0 fully saturated rings. The van der Waals surface area contributed by atoms with Crippen molar-refractivity contribution in [2.45, 2.75) is 13.8 Å². The van der Waals surface area contributed by atoms with Crippen molar-refractivity contribution in [3.8, 4) is 0 Å². The maximum atomic E-state index is 12.5. The number of ether oxygens (including phenoxy) is 1. The van der Waals surface area contributed by atoms with E-state index in [2.05, 4.69) is 10.6 Å². The lowest BCUT2D eigenvalue weighted by Crippen LogP contribution is -2.13. The highest BCUT2D eigenvalue weighted by molar-refractivity contribution is 7.20. The van der Waals surface area contributed by atoms with Crippen molar-refractivity contribution in [2.75, 3.05) is 17.2 Å². The van der Waals surface area contributed by atoms with Gasteiger partial charge in [0.05, 0.1) is 6.61 Å². The summed E-state index contributed by atoms with van der Waals surface area (Å²) in [6, 6.07) is 13.9. The molecule has 138 valence electrons. The van der Waals surface area contributed by atoms with Gasteiger partial charge in [0, 0.05) is 28.6 Å². The van der Waals surface area contributed by atoms with Gasteiger partial charge in [-0.2, -0.15) is 0 Å². The first-order valence-electron chi connectivity index (χ1n) is 8.36. The summed E-state index contributed by atoms with van der Waals surface area (Å²) in [6.45, 7) is 3.50. The molecule has 0 saturated carbocycles. The van der Waals surface area contributed by atoms with Crippen LogP contribution < -0.4 is 10.6 Å². The monoisotopic (exact) mass is 382 g/mol. The Morgan fingerprint density at radius 1 is 1.00 bits per heavy atom. The third-order valence-corrected chi connectivity index (χ3v) is 4.79. The van der Waals surface area contributed by atoms with E-state index in [0.717, 1.165) is 10.1 Å². The molecule has 0 aliphatic rings. The minimum atomic E-state index is -0.348. The molecule has 0 spiro atoms. The largest absolute Gasteiger partial charge is 0.462 e. The third kappa shape index (κ3) is 4.51. The van der Waals surface area contributed by atoms with Crippen molar-refractivity contribution >= 4 is 50.6 Å². The average molecular weight is 382 g/mol. The van der Waals surface area contributed by atoms with E-state index in [9.17, 15) is 14.4 Å². The zero-order valence-electron chi connectivity index (χ0n) is 14.9. The van der Waals surface area contributed by atoms with E-state index in [1.807, 2.05) is 12.1 Å². The van der Waals surface area contributed by atoms with Crippen molar-refractivity contribution in [1.82, 2.24) is 0 Å². The molecule has 1 heterocycles. The van der Waals surface area contributed by atoms with Crippen LogP contribution in [0.15, 0.2) is 48.5 Å². The number of nitrogens with one attached hydrogen (secondary N) is 2. The second-order valence-corrected chi connectivity index (χ2v) is 6.88. The van der Waals surface area contributed by atoms with Crippen LogP contribution >= 0.6 is 11.3 Å². The summed E-state index contributed by atoms with van der Waals surface area (Å²) in [5.74, 6) is -0.839. The van der Waals surface area contributed by atoms with Gasteiger partial charge in [0.25, 0.3) is 5.91 Å². The van der Waals surface area contributed by atoms with Gasteiger partial charge >= 0.3 is 5.97 Å². The minimum absolute atomic E-state index is 0.201. The number of fused-ring (bicyclic) bond motifs is 1. The summed E-state index contributed by atoms with van der Waals surface area (Å²) in [5, 5.41) is 6.34. The van der Waals surface area contributed by atoms with Crippen molar-refractivity contribution < 1.29 is 19.1 Å². The molecule has 3 rings (SSSR count). The van der Waals surface area contributed by atoms with E-state index in [4.69, 9.17) is 4.74 Å². The van der Waals surface area contributed by atoms with Gasteiger partial charge in [0.1, 0.15) is 4.88 Å². The topological polar surface area (TPSA) is 84.5 Å². The first-order chi connectivity index (χ1) is 13.0. The summed E-state index contributed by atoms with van der Waals surface area (Å²) in [7, 11) is 0. The Kier molecular flexibility index (Phi) is 5.52. The molecule has 2 N–H and O–H groups in total. The zero-order valence-corrected chi connectivity index (χ0v) is 15.7. The number of benzene rings is 2. The normalized spacial score (nSPS) is 10.4. The van der Waals surface area contributed by atoms with Crippen LogP contribution in [0.4, 0.5) is 11.4 Å². The Bertz CT molecular complexity index is 1030. The molecule has 0 saturated heterocycles. The van der Waals surface area contributed by atoms with Gasteiger partial charge in [-0.15, -0.1) is 11.3 Å². The van der Waals surface area contributed by atoms with Crippen molar-refractivity contribution in [2.24, 2.45) is 0 Å². The SMILES string of the molecule is CCOC(=O)c1cc2cc(NC(=O)c3cccc(NC(C)=O)c3)ccc2s1. The second kappa shape index (κ2) is 8.01. The predicted molar refractivity (Wildman–Crippen MR) is 106 cm³/mol. The number of hydrogen-bond donors (Lipinski definition) is 2. The van der Waals surface area contributed by atoms with E-state index in [-0.39, 0.29) is 17.8 Å². The van der Waals surface area contributed by atoms with Crippen LogP contribution in [0.2, 0.25) is 0 Å². The van der Waals surface area contributed by atoms with E-state index in [1.165, 1.54) is 18.3 Å². The number of amides is 2. The molecule has 0 radical (unpaired) electrons. The molecule has 6 nitrogen and oxygen atoms in total. The molecule has 1 aromatic heterocycles. The molecule has 2 aromatic carbocycles. The van der Waals surface area contributed by atoms with Crippen molar-refractivity contribution in [3.63, 3.8) is 0 Å². The first kappa shape index (κ1) is 18.6. The fourth-order valence-electron chi connectivity index (χ4n) is 2.57. The molecule has 3 aromatic rings. The maximum Gasteiger partial charge on any atom is 0.348 e. The Hall–Kier alpha value is -3.19. The fourth-order valence-corrected chi connectivity index (χ4v) is 3.51. The highest BCUT2D eigenvalue weighted by Gasteiger charge is 2.12. The Morgan fingerprint density at radius 2 is 1.78 bits per heavy atom. The van der Waals surface area contributed by atoms with Crippen molar-refractivity contribution in [3.05, 3.63) is 59.0 Å². The Balaban J connectivity index is 1.78. The molecule has 0 aliphatic heterocycles. The van der Waals surface area contributed by atoms with E-state index >= 15 is 0 Å². The van der Waals surface area contributed by atoms with Crippen molar-refractivity contribution in [1.29, 1.82) is 0 Å². The maximum absolute atomic E-state index is 12.5. The molecule has 27 heavy (non-hydrogen) atoms. The van der Waals surface area contributed by atoms with Gasteiger partial charge in [-0.05, 0) is 54.8 Å². The van der Waals surface area contributed by atoms with E-state index in [1.54, 1.807) is 43.3 Å². The molecule has 0 bridgehead atoms. The average Bonchev–Trinajstić information content (AvgIpc) is 3.05. The number of thiophene rings is 1. The van der Waals surface area contributed by atoms with Gasteiger partial charge in [-0.3, -0.25) is 9.59 Å². The van der Waals surface area contributed by atoms with E-state index in [0.29, 0.717) is 28.4 Å². The van der Waals surface area contributed by atoms with Crippen LogP contribution in [0.3, 0.4) is 0 Å². The van der Waals surface area contributed by atoms with Crippen LogP contribution in [0.1, 0.15) is 33.9 Å². The molecule has 0 aliphatic carbocycles. The smallest absolute Gasteiger partial charge is 0.348 e. The number of carbonyl (C=O) groups is 3. The lowest BCUT2D eigenvalue weighted by molar-refractivity contribution is -0.114. The number of hydrogen-bond acceptors (Lipinski definition) is 5. The number of anilines is 2. The summed E-state index contributed by atoms with van der Waals surface area (Å²) in [5.41, 5.74) is 1.60. The van der Waals surface area contributed by atoms with Crippen LogP contribution in [-0.4, -0.2) is 24.4 Å². The predicted octanol–water partition coefficient (Wildman–Crippen LogP) is 4.29. The second-order valence-electron chi connectivity index (χ2n) is 5.80. The highest BCUT2D eigenvalue weighted by atomic mass is 32.1. The lowest BCUT2D eigenvalue weighted by Gasteiger charge is -2.07. The third-order valence-electron chi connectivity index (χ3n) is 3.70. The highest BCUT2D eigenvalue weighted by Crippen LogP contribution is 2.29. The molecular weight excluding hydrogens is 364 g/mol. The standard InChI is InChI=1S/C20H18N2O4S/c1-3-26-20(25)18-11-14-10-16(7-8-17(14)27-18)22-19(24)13-5-4-6-15(9-13)21-12(2)23/h4-11H,3H2,1-2H3,(H,21,23)(H,22,24). The van der Waals surface area contributed by atoms with Gasteiger partial charge in [-0.25, -0.2) is 4.79 Å². The zero-order chi connectivity index (χ0) is 19.4. The Morgan fingerprint density at radius 3 is 2.52 bits per heavy atom. The van der Waals surface area contributed by atoms with Gasteiger partial charge in [0.15, 0.2) is 0 Å². The molecule has 0 unspecified atom stereocenters. The van der Waals surface area contributed by atoms with Crippen LogP contribution in [0, 0.1) is 0 Å². The van der Waals surface area contributed by atoms with Crippen LogP contribution in [0.5, 0.6) is 0 Å².